The first kappa shape index (κ1) is 24.7. The third-order valence-electron chi connectivity index (χ3n) is 6.09. The fourth-order valence-electron chi connectivity index (χ4n) is 4.29. The van der Waals surface area contributed by atoms with E-state index in [1.807, 2.05) is 78.9 Å². The smallest absolute Gasteiger partial charge is 0.338 e. The Kier molecular flexibility index (Phi) is 7.08. The first-order chi connectivity index (χ1) is 18.0. The van der Waals surface area contributed by atoms with Gasteiger partial charge in [-0.3, -0.25) is 9.36 Å². The molecule has 1 aliphatic heterocycles. The molecule has 1 aliphatic rings. The van der Waals surface area contributed by atoms with Crippen molar-refractivity contribution >= 4 is 35.0 Å². The maximum Gasteiger partial charge on any atom is 0.338 e. The van der Waals surface area contributed by atoms with Gasteiger partial charge in [-0.2, -0.15) is 0 Å². The van der Waals surface area contributed by atoms with Crippen molar-refractivity contribution < 1.29 is 14.3 Å². The van der Waals surface area contributed by atoms with Gasteiger partial charge in [0.1, 0.15) is 12.4 Å². The van der Waals surface area contributed by atoms with Crippen molar-refractivity contribution in [3.8, 4) is 5.75 Å². The van der Waals surface area contributed by atoms with Crippen molar-refractivity contribution in [2.24, 2.45) is 4.99 Å². The Bertz CT molecular complexity index is 1690. The second-order valence-corrected chi connectivity index (χ2v) is 9.82. The van der Waals surface area contributed by atoms with E-state index in [2.05, 4.69) is 4.99 Å². The van der Waals surface area contributed by atoms with Crippen LogP contribution in [-0.2, 0) is 16.1 Å². The number of methoxy groups -OCH3 is 1. The number of para-hydroxylation sites is 1. The topological polar surface area (TPSA) is 69.9 Å². The van der Waals surface area contributed by atoms with E-state index in [9.17, 15) is 9.59 Å². The number of esters is 1. The molecule has 4 aromatic rings. The Hall–Kier alpha value is -3.94. The lowest BCUT2D eigenvalue weighted by molar-refractivity contribution is -0.136. The molecule has 6 nitrogen and oxygen atoms in total. The fourth-order valence-corrected chi connectivity index (χ4v) is 5.51. The number of allylic oxidation sites excluding steroid dienone is 1. The van der Waals surface area contributed by atoms with Crippen LogP contribution in [0.25, 0.3) is 6.08 Å². The van der Waals surface area contributed by atoms with Gasteiger partial charge >= 0.3 is 5.97 Å². The first-order valence-electron chi connectivity index (χ1n) is 11.6. The van der Waals surface area contributed by atoms with Crippen LogP contribution in [0.4, 0.5) is 0 Å². The minimum atomic E-state index is -0.640. The van der Waals surface area contributed by atoms with Crippen molar-refractivity contribution in [1.82, 2.24) is 4.57 Å². The lowest BCUT2D eigenvalue weighted by Gasteiger charge is -2.24. The molecule has 0 aliphatic carbocycles. The number of thiazole rings is 1. The van der Waals surface area contributed by atoms with Crippen LogP contribution in [0, 0.1) is 0 Å². The number of hydrogen-bond donors (Lipinski definition) is 0. The summed E-state index contributed by atoms with van der Waals surface area (Å²) in [7, 11) is 1.33. The van der Waals surface area contributed by atoms with Gasteiger partial charge in [0.05, 0.1) is 29.0 Å². The van der Waals surface area contributed by atoms with Crippen molar-refractivity contribution in [2.45, 2.75) is 19.6 Å². The number of halogens is 1. The average molecular weight is 531 g/mol. The summed E-state index contributed by atoms with van der Waals surface area (Å²) in [5.41, 5.74) is 3.04. The van der Waals surface area contributed by atoms with Gasteiger partial charge in [-0.1, -0.05) is 89.7 Å². The molecule has 37 heavy (non-hydrogen) atoms. The van der Waals surface area contributed by atoms with E-state index >= 15 is 0 Å². The van der Waals surface area contributed by atoms with Crippen molar-refractivity contribution in [1.29, 1.82) is 0 Å². The lowest BCUT2D eigenvalue weighted by atomic mass is 9.96. The Labute approximate surface area is 222 Å². The average Bonchev–Trinajstić information content (AvgIpc) is 3.22. The third-order valence-corrected chi connectivity index (χ3v) is 7.44. The van der Waals surface area contributed by atoms with E-state index < -0.39 is 12.0 Å². The van der Waals surface area contributed by atoms with E-state index in [0.717, 1.165) is 16.7 Å². The zero-order chi connectivity index (χ0) is 25.9. The molecule has 0 N–H and O–H groups in total. The van der Waals surface area contributed by atoms with Gasteiger partial charge in [0, 0.05) is 16.1 Å². The number of aromatic nitrogens is 1. The molecular weight excluding hydrogens is 508 g/mol. The summed E-state index contributed by atoms with van der Waals surface area (Å²) in [4.78, 5) is 31.6. The number of hydrogen-bond acceptors (Lipinski definition) is 6. The number of fused-ring (bicyclic) bond motifs is 1. The Morgan fingerprint density at radius 1 is 1.05 bits per heavy atom. The maximum absolute atomic E-state index is 13.7. The lowest BCUT2D eigenvalue weighted by Crippen LogP contribution is -2.39. The maximum atomic E-state index is 13.7. The van der Waals surface area contributed by atoms with Gasteiger partial charge in [-0.25, -0.2) is 9.79 Å². The zero-order valence-electron chi connectivity index (χ0n) is 20.2. The molecule has 5 rings (SSSR count). The van der Waals surface area contributed by atoms with Gasteiger partial charge in [0.15, 0.2) is 4.80 Å². The highest BCUT2D eigenvalue weighted by Gasteiger charge is 2.32. The number of benzene rings is 3. The molecule has 0 saturated heterocycles. The number of nitrogens with zero attached hydrogens (tertiary/aromatic N) is 2. The van der Waals surface area contributed by atoms with Crippen LogP contribution in [0.2, 0.25) is 5.02 Å². The highest BCUT2D eigenvalue weighted by atomic mass is 35.5. The minimum absolute atomic E-state index is 0.243. The van der Waals surface area contributed by atoms with Gasteiger partial charge in [0.2, 0.25) is 0 Å². The summed E-state index contributed by atoms with van der Waals surface area (Å²) >= 11 is 7.55. The SMILES string of the molecule is COC(=O)C1=C(C)N=c2sc(=Cc3ccccc3OCc3ccccc3Cl)c(=O)n2C1c1ccccc1. The molecule has 0 amide bonds. The third kappa shape index (κ3) is 4.88. The predicted molar refractivity (Wildman–Crippen MR) is 144 cm³/mol. The zero-order valence-corrected chi connectivity index (χ0v) is 21.8. The highest BCUT2D eigenvalue weighted by molar-refractivity contribution is 7.07. The molecule has 186 valence electrons. The molecule has 0 fully saturated rings. The van der Waals surface area contributed by atoms with Crippen LogP contribution < -0.4 is 19.6 Å². The molecule has 1 unspecified atom stereocenters. The summed E-state index contributed by atoms with van der Waals surface area (Å²) < 4.78 is 13.2. The molecule has 0 radical (unpaired) electrons. The van der Waals surface area contributed by atoms with E-state index in [1.54, 1.807) is 17.6 Å². The molecule has 8 heteroatoms. The minimum Gasteiger partial charge on any atom is -0.488 e. The van der Waals surface area contributed by atoms with Gasteiger partial charge in [-0.05, 0) is 30.7 Å². The van der Waals surface area contributed by atoms with Gasteiger partial charge in [-0.15, -0.1) is 0 Å². The van der Waals surface area contributed by atoms with Crippen molar-refractivity contribution in [3.63, 3.8) is 0 Å². The Balaban J connectivity index is 1.60. The molecule has 1 aromatic heterocycles. The van der Waals surface area contributed by atoms with Crippen LogP contribution in [0.15, 0.2) is 99.9 Å². The van der Waals surface area contributed by atoms with E-state index in [1.165, 1.54) is 18.4 Å². The van der Waals surface area contributed by atoms with Crippen molar-refractivity contribution in [2.75, 3.05) is 7.11 Å². The highest BCUT2D eigenvalue weighted by Crippen LogP contribution is 2.30. The molecule has 2 heterocycles. The fraction of sp³-hybridized carbons (Fsp3) is 0.138. The molecular formula is C29H23ClN2O4S. The summed E-state index contributed by atoms with van der Waals surface area (Å²) in [6, 6.07) is 23.8. The Morgan fingerprint density at radius 3 is 2.51 bits per heavy atom. The monoisotopic (exact) mass is 530 g/mol. The predicted octanol–water partition coefficient (Wildman–Crippen LogP) is 4.64. The molecule has 3 aromatic carbocycles. The number of carbonyl (C=O) groups is 1. The molecule has 1 atom stereocenters. The van der Waals surface area contributed by atoms with Gasteiger partial charge in [0.25, 0.3) is 5.56 Å². The van der Waals surface area contributed by atoms with Crippen LogP contribution in [0.1, 0.15) is 29.7 Å². The van der Waals surface area contributed by atoms with E-state index in [0.29, 0.717) is 38.0 Å². The van der Waals surface area contributed by atoms with Gasteiger partial charge < -0.3 is 9.47 Å². The Morgan fingerprint density at radius 2 is 1.76 bits per heavy atom. The number of rotatable bonds is 6. The molecule has 0 bridgehead atoms. The van der Waals surface area contributed by atoms with Crippen LogP contribution in [-0.4, -0.2) is 17.6 Å². The largest absolute Gasteiger partial charge is 0.488 e. The second-order valence-electron chi connectivity index (χ2n) is 8.40. The summed E-state index contributed by atoms with van der Waals surface area (Å²) in [6.07, 6.45) is 1.80. The quantitative estimate of drug-likeness (QED) is 0.341. The summed E-state index contributed by atoms with van der Waals surface area (Å²) in [5, 5.41) is 0.631. The molecule has 0 spiro atoms. The standard InChI is InChI=1S/C29H23ClN2O4S/c1-18-25(28(34)35-2)26(19-10-4-3-5-11-19)32-27(33)24(37-29(32)31-18)16-20-12-7-9-15-23(20)36-17-21-13-6-8-14-22(21)30/h3-16,26H,17H2,1-2H3. The number of carbonyl (C=O) groups excluding carboxylic acids is 1. The normalized spacial score (nSPS) is 15.2. The van der Waals surface area contributed by atoms with Crippen LogP contribution in [0.3, 0.4) is 0 Å². The van der Waals surface area contributed by atoms with Crippen molar-refractivity contribution in [3.05, 3.63) is 132 Å². The summed E-state index contributed by atoms with van der Waals surface area (Å²) in [5.74, 6) is 0.113. The van der Waals surface area contributed by atoms with E-state index in [-0.39, 0.29) is 5.56 Å². The van der Waals surface area contributed by atoms with Crippen LogP contribution >= 0.6 is 22.9 Å². The second kappa shape index (κ2) is 10.6. The first-order valence-corrected chi connectivity index (χ1v) is 12.8. The van der Waals surface area contributed by atoms with E-state index in [4.69, 9.17) is 21.1 Å². The number of ether oxygens (including phenoxy) is 2. The summed E-state index contributed by atoms with van der Waals surface area (Å²) in [6.45, 7) is 2.05. The van der Waals surface area contributed by atoms with Crippen LogP contribution in [0.5, 0.6) is 5.75 Å². The molecule has 0 saturated carbocycles.